The minimum atomic E-state index is -5.08. The molecule has 0 saturated heterocycles. The third-order valence-electron chi connectivity index (χ3n) is 8.49. The molecule has 0 fully saturated rings. The summed E-state index contributed by atoms with van der Waals surface area (Å²) in [6, 6.07) is 7.60. The fourth-order valence-corrected chi connectivity index (χ4v) is 4.61. The van der Waals surface area contributed by atoms with E-state index in [0.717, 1.165) is 12.8 Å². The number of carbonyl (C=O) groups is 8. The molecule has 16 nitrogen and oxygen atoms in total. The van der Waals surface area contributed by atoms with Crippen molar-refractivity contribution >= 4 is 58.5 Å². The van der Waals surface area contributed by atoms with Crippen molar-refractivity contribution in [1.82, 2.24) is 10.6 Å². The SMILES string of the molecule is CC[C@H](C)[C@H](N)C(=O)NCCC(=O)Nc1ccc2c(c1)C(=O)c1cc(NC(=O)CCNC(=O)[C@@H](N)[C@@H](C)CC)ccc1C2=O.O=C(O)C(F)(F)F.O=C(O)C(F)(F)F. The van der Waals surface area contributed by atoms with Gasteiger partial charge < -0.3 is 42.9 Å². The summed E-state index contributed by atoms with van der Waals surface area (Å²) in [5.74, 6) is -7.71. The first-order chi connectivity index (χ1) is 26.8. The Labute approximate surface area is 327 Å². The normalized spacial score (nSPS) is 13.9. The van der Waals surface area contributed by atoms with Crippen molar-refractivity contribution in [3.05, 3.63) is 58.7 Å². The molecule has 22 heteroatoms. The zero-order valence-corrected chi connectivity index (χ0v) is 31.6. The molecular weight excluding hydrogens is 790 g/mol. The molecule has 1 aliphatic rings. The van der Waals surface area contributed by atoms with E-state index >= 15 is 0 Å². The third kappa shape index (κ3) is 15.6. The van der Waals surface area contributed by atoms with Crippen molar-refractivity contribution in [3.8, 4) is 0 Å². The number of carboxylic acid groups (broad SMARTS) is 2. The van der Waals surface area contributed by atoms with E-state index in [9.17, 15) is 55.1 Å². The number of carboxylic acids is 2. The van der Waals surface area contributed by atoms with Gasteiger partial charge in [-0.25, -0.2) is 9.59 Å². The minimum absolute atomic E-state index is 0.00965. The standard InChI is InChI=1S/C32H42N6O6.2C2HF3O2/c1-5-17(3)27(33)31(43)35-13-11-25(39)37-19-7-9-21-23(15-19)30(42)24-16-20(8-10-22(24)29(21)41)38-26(40)12-14-36-32(44)28(34)18(4)6-2;2*3-2(4,5)1(6)7/h7-10,15-18,27-28H,5-6,11-14,33-34H2,1-4H3,(H,35,43)(H,36,44)(H,37,39)(H,38,40);2*(H,6,7)/t17-,18-,27-,28-;;/m0../s1. The van der Waals surface area contributed by atoms with Gasteiger partial charge in [-0.2, -0.15) is 26.3 Å². The zero-order chi connectivity index (χ0) is 44.7. The lowest BCUT2D eigenvalue weighted by molar-refractivity contribution is -0.193. The molecule has 0 radical (unpaired) electrons. The van der Waals surface area contributed by atoms with Crippen LogP contribution in [0, 0.1) is 11.8 Å². The highest BCUT2D eigenvalue weighted by Gasteiger charge is 2.39. The second-order valence-electron chi connectivity index (χ2n) is 12.8. The van der Waals surface area contributed by atoms with Gasteiger partial charge in [0.25, 0.3) is 0 Å². The molecule has 0 saturated carbocycles. The molecule has 0 unspecified atom stereocenters. The number of halogens is 6. The van der Waals surface area contributed by atoms with Crippen LogP contribution in [0.4, 0.5) is 37.7 Å². The average molecular weight is 835 g/mol. The van der Waals surface area contributed by atoms with Gasteiger partial charge in [-0.15, -0.1) is 0 Å². The molecule has 0 aromatic heterocycles. The van der Waals surface area contributed by atoms with Crippen molar-refractivity contribution in [3.63, 3.8) is 0 Å². The van der Waals surface area contributed by atoms with Crippen molar-refractivity contribution in [1.29, 1.82) is 0 Å². The summed E-state index contributed by atoms with van der Waals surface area (Å²) in [6.45, 7) is 7.83. The Hall–Kier alpha value is -5.90. The molecule has 0 aliphatic heterocycles. The molecule has 4 amide bonds. The van der Waals surface area contributed by atoms with E-state index in [1.807, 2.05) is 27.7 Å². The van der Waals surface area contributed by atoms with Gasteiger partial charge in [0.05, 0.1) is 12.1 Å². The predicted octanol–water partition coefficient (Wildman–Crippen LogP) is 3.37. The van der Waals surface area contributed by atoms with Crippen LogP contribution in [0.3, 0.4) is 0 Å². The summed E-state index contributed by atoms with van der Waals surface area (Å²) in [6.07, 6.45) is -8.68. The third-order valence-corrected chi connectivity index (χ3v) is 8.49. The van der Waals surface area contributed by atoms with Crippen LogP contribution >= 0.6 is 0 Å². The summed E-state index contributed by atoms with van der Waals surface area (Å²) in [4.78, 5) is 93.6. The van der Waals surface area contributed by atoms with Gasteiger partial charge in [-0.05, 0) is 48.2 Å². The number of anilines is 2. The highest BCUT2D eigenvalue weighted by molar-refractivity contribution is 6.29. The maximum Gasteiger partial charge on any atom is 0.490 e. The first-order valence-corrected chi connectivity index (χ1v) is 17.4. The topological polar surface area (TPSA) is 277 Å². The number of hydrogen-bond acceptors (Lipinski definition) is 10. The predicted molar refractivity (Wildman–Crippen MR) is 195 cm³/mol. The number of nitrogens with two attached hydrogens (primary N) is 2. The van der Waals surface area contributed by atoms with E-state index in [4.69, 9.17) is 31.3 Å². The lowest BCUT2D eigenvalue weighted by Gasteiger charge is -2.20. The number of rotatable bonds is 14. The fraction of sp³-hybridized carbons (Fsp3) is 0.444. The first kappa shape index (κ1) is 50.1. The molecule has 4 atom stereocenters. The average Bonchev–Trinajstić information content (AvgIpc) is 3.15. The minimum Gasteiger partial charge on any atom is -0.475 e. The van der Waals surface area contributed by atoms with E-state index < -0.39 is 42.2 Å². The number of hydrogen-bond donors (Lipinski definition) is 8. The Morgan fingerprint density at radius 1 is 0.603 bits per heavy atom. The molecule has 2 aromatic carbocycles. The van der Waals surface area contributed by atoms with Crippen LogP contribution in [-0.2, 0) is 28.8 Å². The van der Waals surface area contributed by atoms with Crippen LogP contribution < -0.4 is 32.7 Å². The van der Waals surface area contributed by atoms with Gasteiger partial charge in [0.2, 0.25) is 23.6 Å². The zero-order valence-electron chi connectivity index (χ0n) is 31.6. The van der Waals surface area contributed by atoms with E-state index in [2.05, 4.69) is 21.3 Å². The molecule has 1 aliphatic carbocycles. The number of alkyl halides is 6. The highest BCUT2D eigenvalue weighted by atomic mass is 19.4. The molecule has 2 aromatic rings. The van der Waals surface area contributed by atoms with E-state index in [0.29, 0.717) is 11.4 Å². The second kappa shape index (κ2) is 22.1. The monoisotopic (exact) mass is 834 g/mol. The van der Waals surface area contributed by atoms with Crippen molar-refractivity contribution < 1.29 is 74.9 Å². The maximum atomic E-state index is 13.4. The lowest BCUT2D eigenvalue weighted by Crippen LogP contribution is -2.45. The molecule has 3 rings (SSSR count). The summed E-state index contributed by atoms with van der Waals surface area (Å²) >= 11 is 0. The number of fused-ring (bicyclic) bond motifs is 2. The van der Waals surface area contributed by atoms with E-state index in [-0.39, 0.29) is 89.4 Å². The smallest absolute Gasteiger partial charge is 0.475 e. The Bertz CT molecular complexity index is 1730. The molecule has 0 spiro atoms. The molecular formula is C36H44F6N6O10. The number of ketones is 2. The Morgan fingerprint density at radius 2 is 0.897 bits per heavy atom. The van der Waals surface area contributed by atoms with Gasteiger partial charge in [-0.3, -0.25) is 28.8 Å². The van der Waals surface area contributed by atoms with Gasteiger partial charge >= 0.3 is 24.3 Å². The largest absolute Gasteiger partial charge is 0.490 e. The molecule has 320 valence electrons. The summed E-state index contributed by atoms with van der Waals surface area (Å²) < 4.78 is 63.5. The van der Waals surface area contributed by atoms with Crippen LogP contribution in [0.15, 0.2) is 36.4 Å². The molecule has 0 heterocycles. The van der Waals surface area contributed by atoms with Crippen molar-refractivity contribution in [2.45, 2.75) is 77.8 Å². The van der Waals surface area contributed by atoms with Crippen LogP contribution in [0.5, 0.6) is 0 Å². The molecule has 58 heavy (non-hydrogen) atoms. The summed E-state index contributed by atoms with van der Waals surface area (Å²) in [5, 5.41) is 24.9. The number of carbonyl (C=O) groups excluding carboxylic acids is 6. The number of aliphatic carboxylic acids is 2. The van der Waals surface area contributed by atoms with Crippen LogP contribution in [0.25, 0.3) is 0 Å². The number of amides is 4. The Morgan fingerprint density at radius 3 is 1.17 bits per heavy atom. The molecule has 10 N–H and O–H groups in total. The highest BCUT2D eigenvalue weighted by Crippen LogP contribution is 2.31. The Balaban J connectivity index is 0.00000102. The summed E-state index contributed by atoms with van der Waals surface area (Å²) in [7, 11) is 0. The van der Waals surface area contributed by atoms with E-state index in [1.165, 1.54) is 36.4 Å². The van der Waals surface area contributed by atoms with Gasteiger partial charge in [0.15, 0.2) is 11.6 Å². The van der Waals surface area contributed by atoms with Crippen LogP contribution in [-0.4, -0.2) is 94.9 Å². The number of benzene rings is 2. The van der Waals surface area contributed by atoms with Crippen LogP contribution in [0.2, 0.25) is 0 Å². The van der Waals surface area contributed by atoms with Gasteiger partial charge in [0.1, 0.15) is 0 Å². The van der Waals surface area contributed by atoms with Gasteiger partial charge in [-0.1, -0.05) is 40.5 Å². The van der Waals surface area contributed by atoms with Crippen LogP contribution in [0.1, 0.15) is 85.2 Å². The maximum absolute atomic E-state index is 13.4. The first-order valence-electron chi connectivity index (χ1n) is 17.4. The fourth-order valence-electron chi connectivity index (χ4n) is 4.61. The Kier molecular flexibility index (Phi) is 19.1. The van der Waals surface area contributed by atoms with Crippen molar-refractivity contribution in [2.75, 3.05) is 23.7 Å². The summed E-state index contributed by atoms with van der Waals surface area (Å²) in [5.41, 5.74) is 13.1. The lowest BCUT2D eigenvalue weighted by atomic mass is 9.83. The van der Waals surface area contributed by atoms with Gasteiger partial charge in [0, 0.05) is 59.6 Å². The quantitative estimate of drug-likeness (QED) is 0.109. The second-order valence-corrected chi connectivity index (χ2v) is 12.8. The number of nitrogens with one attached hydrogen (secondary N) is 4. The van der Waals surface area contributed by atoms with E-state index in [1.54, 1.807) is 0 Å². The molecule has 0 bridgehead atoms. The van der Waals surface area contributed by atoms with Crippen molar-refractivity contribution in [2.24, 2.45) is 23.3 Å².